The fourth-order valence-electron chi connectivity index (χ4n) is 3.43. The molecule has 0 spiro atoms. The summed E-state index contributed by atoms with van der Waals surface area (Å²) in [4.78, 5) is 11.3. The normalized spacial score (nSPS) is 17.5. The van der Waals surface area contributed by atoms with Crippen LogP contribution in [0.3, 0.4) is 0 Å². The van der Waals surface area contributed by atoms with Crippen molar-refractivity contribution in [2.75, 3.05) is 38.7 Å². The summed E-state index contributed by atoms with van der Waals surface area (Å²) >= 11 is 11.8. The van der Waals surface area contributed by atoms with Crippen molar-refractivity contribution in [3.63, 3.8) is 0 Å². The SMILES string of the molecule is COc1cc(C)c(NC(/C=C(\C)Cl)=C/C=C/Cl)ncnc(C)cc1OCC1CN(C(C)C)CCO1. The van der Waals surface area contributed by atoms with E-state index in [0.717, 1.165) is 24.3 Å². The third-order valence-electron chi connectivity index (χ3n) is 5.26. The van der Waals surface area contributed by atoms with Crippen LogP contribution in [-0.2, 0) is 4.74 Å². The molecule has 0 saturated carbocycles. The van der Waals surface area contributed by atoms with E-state index < -0.39 is 0 Å². The van der Waals surface area contributed by atoms with Crippen LogP contribution < -0.4 is 14.8 Å². The van der Waals surface area contributed by atoms with Crippen molar-refractivity contribution >= 4 is 29.0 Å². The molecule has 1 aromatic heterocycles. The van der Waals surface area contributed by atoms with Gasteiger partial charge in [0, 0.05) is 47.2 Å². The maximum atomic E-state index is 6.21. The largest absolute Gasteiger partial charge is 0.493 e. The van der Waals surface area contributed by atoms with Gasteiger partial charge in [-0.15, -0.1) is 0 Å². The van der Waals surface area contributed by atoms with Crippen molar-refractivity contribution in [1.82, 2.24) is 14.9 Å². The van der Waals surface area contributed by atoms with Crippen LogP contribution in [0.4, 0.5) is 5.82 Å². The lowest BCUT2D eigenvalue weighted by molar-refractivity contribution is -0.0566. The van der Waals surface area contributed by atoms with Gasteiger partial charge in [0.25, 0.3) is 0 Å². The summed E-state index contributed by atoms with van der Waals surface area (Å²) in [5.41, 5.74) is 3.65. The van der Waals surface area contributed by atoms with Crippen LogP contribution in [0.15, 0.2) is 53.0 Å². The molecule has 1 atom stereocenters. The Hall–Kier alpha value is -2.32. The summed E-state index contributed by atoms with van der Waals surface area (Å²) < 4.78 is 17.8. The molecule has 0 aromatic carbocycles. The minimum Gasteiger partial charge on any atom is -0.493 e. The Kier molecular flexibility index (Phi) is 12.3. The molecule has 0 amide bonds. The third kappa shape index (κ3) is 10.1. The zero-order valence-electron chi connectivity index (χ0n) is 21.3. The fourth-order valence-corrected chi connectivity index (χ4v) is 3.62. The van der Waals surface area contributed by atoms with Crippen molar-refractivity contribution in [2.24, 2.45) is 0 Å². The van der Waals surface area contributed by atoms with Crippen molar-refractivity contribution in [1.29, 1.82) is 0 Å². The number of aromatic nitrogens is 2. The van der Waals surface area contributed by atoms with Gasteiger partial charge in [0.1, 0.15) is 24.9 Å². The van der Waals surface area contributed by atoms with Gasteiger partial charge < -0.3 is 19.5 Å². The second-order valence-corrected chi connectivity index (χ2v) is 9.31. The smallest absolute Gasteiger partial charge is 0.163 e. The number of hydrogen-bond acceptors (Lipinski definition) is 7. The average Bonchev–Trinajstić information content (AvgIpc) is 2.82. The maximum absolute atomic E-state index is 6.21. The minimum absolute atomic E-state index is 0.0264. The van der Waals surface area contributed by atoms with Crippen LogP contribution in [0.1, 0.15) is 32.0 Å². The van der Waals surface area contributed by atoms with Crippen molar-refractivity contribution < 1.29 is 14.2 Å². The van der Waals surface area contributed by atoms with Crippen LogP contribution in [0.2, 0.25) is 0 Å². The van der Waals surface area contributed by atoms with Gasteiger partial charge >= 0.3 is 0 Å². The number of methoxy groups -OCH3 is 1. The molecule has 2 heterocycles. The molecule has 7 nitrogen and oxygen atoms in total. The summed E-state index contributed by atoms with van der Waals surface area (Å²) in [5.74, 6) is 1.70. The molecule has 0 bridgehead atoms. The van der Waals surface area contributed by atoms with E-state index in [1.165, 1.54) is 11.9 Å². The monoisotopic (exact) mass is 522 g/mol. The molecule has 2 rings (SSSR count). The standard InChI is InChI=1S/C26H36Cl2N4O3/c1-18(2)32-10-11-34-23(15-32)16-35-25-14-21(5)29-17-30-26(19(3)12-24(25)33-6)31-22(8-7-9-27)13-20(4)28/h7-9,12-14,17-18,23H,10-11,15-16H2,1-6H3,(H,29,30,31)/b9-7+,20-13+,22-8+. The molecule has 0 radical (unpaired) electrons. The first-order chi connectivity index (χ1) is 16.7. The van der Waals surface area contributed by atoms with Gasteiger partial charge in [0.15, 0.2) is 11.5 Å². The Labute approximate surface area is 219 Å². The average molecular weight is 524 g/mol. The summed E-state index contributed by atoms with van der Waals surface area (Å²) in [7, 11) is 1.61. The molecule has 1 aliphatic heterocycles. The van der Waals surface area contributed by atoms with Crippen LogP contribution >= 0.6 is 23.2 Å². The predicted octanol–water partition coefficient (Wildman–Crippen LogP) is 5.91. The summed E-state index contributed by atoms with van der Waals surface area (Å²) in [6.45, 7) is 12.8. The number of ether oxygens (including phenoxy) is 3. The molecule has 1 saturated heterocycles. The molecule has 192 valence electrons. The van der Waals surface area contributed by atoms with Gasteiger partial charge in [-0.2, -0.15) is 0 Å². The number of morpholine rings is 1. The van der Waals surface area contributed by atoms with Crippen molar-refractivity contribution in [3.05, 3.63) is 64.2 Å². The second kappa shape index (κ2) is 14.9. The maximum Gasteiger partial charge on any atom is 0.163 e. The van der Waals surface area contributed by atoms with Gasteiger partial charge in [-0.25, -0.2) is 9.97 Å². The number of aryl methyl sites for hydroxylation is 2. The molecular weight excluding hydrogens is 487 g/mol. The van der Waals surface area contributed by atoms with E-state index in [9.17, 15) is 0 Å². The summed E-state index contributed by atoms with van der Waals surface area (Å²) in [6, 6.07) is 4.18. The topological polar surface area (TPSA) is 68.7 Å². The number of allylic oxidation sites excluding steroid dienone is 4. The zero-order valence-corrected chi connectivity index (χ0v) is 22.9. The van der Waals surface area contributed by atoms with Crippen LogP contribution in [-0.4, -0.2) is 60.4 Å². The van der Waals surface area contributed by atoms with Gasteiger partial charge in [-0.3, -0.25) is 4.90 Å². The lowest BCUT2D eigenvalue weighted by atomic mass is 10.2. The van der Waals surface area contributed by atoms with Gasteiger partial charge in [0.2, 0.25) is 0 Å². The molecule has 1 fully saturated rings. The van der Waals surface area contributed by atoms with E-state index in [2.05, 4.69) is 34.0 Å². The molecule has 1 aliphatic rings. The molecule has 9 heteroatoms. The number of rotatable bonds is 9. The first-order valence-corrected chi connectivity index (χ1v) is 12.4. The first-order valence-electron chi connectivity index (χ1n) is 11.5. The van der Waals surface area contributed by atoms with Crippen molar-refractivity contribution in [2.45, 2.75) is 46.8 Å². The van der Waals surface area contributed by atoms with E-state index in [1.54, 1.807) is 32.3 Å². The van der Waals surface area contributed by atoms with E-state index in [1.807, 2.05) is 26.0 Å². The number of hydrogen-bond donors (Lipinski definition) is 1. The Morgan fingerprint density at radius 1 is 1.29 bits per heavy atom. The van der Waals surface area contributed by atoms with Gasteiger partial charge in [0.05, 0.1) is 13.7 Å². The molecule has 1 N–H and O–H groups in total. The Morgan fingerprint density at radius 2 is 2.06 bits per heavy atom. The lowest BCUT2D eigenvalue weighted by Gasteiger charge is -2.35. The fraction of sp³-hybridized carbons (Fsp3) is 0.462. The van der Waals surface area contributed by atoms with Crippen LogP contribution in [0.25, 0.3) is 0 Å². The highest BCUT2D eigenvalue weighted by molar-refractivity contribution is 6.29. The molecular formula is C26H36Cl2N4O3. The summed E-state index contributed by atoms with van der Waals surface area (Å²) in [6.07, 6.45) is 6.74. The summed E-state index contributed by atoms with van der Waals surface area (Å²) in [5, 5.41) is 3.88. The highest BCUT2D eigenvalue weighted by Gasteiger charge is 2.23. The van der Waals surface area contributed by atoms with Gasteiger partial charge in [-0.1, -0.05) is 23.2 Å². The Balaban J connectivity index is 2.42. The minimum atomic E-state index is -0.0264. The molecule has 1 unspecified atom stereocenters. The van der Waals surface area contributed by atoms with E-state index in [4.69, 9.17) is 37.4 Å². The highest BCUT2D eigenvalue weighted by Crippen LogP contribution is 2.28. The Bertz CT molecular complexity index is 991. The zero-order chi connectivity index (χ0) is 25.8. The molecule has 35 heavy (non-hydrogen) atoms. The molecule has 0 aliphatic carbocycles. The predicted molar refractivity (Wildman–Crippen MR) is 144 cm³/mol. The van der Waals surface area contributed by atoms with Crippen molar-refractivity contribution in [3.8, 4) is 11.5 Å². The van der Waals surface area contributed by atoms with E-state index >= 15 is 0 Å². The van der Waals surface area contributed by atoms with E-state index in [-0.39, 0.29) is 6.10 Å². The second-order valence-electron chi connectivity index (χ2n) is 8.46. The highest BCUT2D eigenvalue weighted by atomic mass is 35.5. The Morgan fingerprint density at radius 3 is 2.71 bits per heavy atom. The van der Waals surface area contributed by atoms with Crippen LogP contribution in [0, 0.1) is 13.8 Å². The van der Waals surface area contributed by atoms with Gasteiger partial charge in [-0.05, 0) is 64.5 Å². The lowest BCUT2D eigenvalue weighted by Crippen LogP contribution is -2.47. The first kappa shape index (κ1) is 28.9. The third-order valence-corrected chi connectivity index (χ3v) is 5.52. The number of nitrogens with zero attached hydrogens (tertiary/aromatic N) is 3. The van der Waals surface area contributed by atoms with Crippen LogP contribution in [0.5, 0.6) is 11.5 Å². The number of anilines is 1. The molecule has 1 aromatic rings. The quantitative estimate of drug-likeness (QED) is 0.404. The van der Waals surface area contributed by atoms with E-state index in [0.29, 0.717) is 47.3 Å². The number of nitrogens with one attached hydrogen (secondary N) is 1. The number of halogens is 2.